The molecule has 0 spiro atoms. The summed E-state index contributed by atoms with van der Waals surface area (Å²) < 4.78 is 26.5. The van der Waals surface area contributed by atoms with E-state index in [1.165, 1.54) is 37.1 Å². The number of nitrogens with one attached hydrogen (secondary N) is 2. The van der Waals surface area contributed by atoms with Crippen LogP contribution in [0, 0.1) is 0 Å². The third-order valence-electron chi connectivity index (χ3n) is 3.11. The first-order chi connectivity index (χ1) is 9.49. The quantitative estimate of drug-likeness (QED) is 0.597. The van der Waals surface area contributed by atoms with Gasteiger partial charge in [0.1, 0.15) is 0 Å². The standard InChI is InChI=1S/C13H19N3O3S/c14-13(17)10-2-6-12(7-3-10)20(18,19)16-9-1-8-15-11-4-5-11/h2-3,6-7,11,15-16H,1,4-5,8-9H2,(H2,14,17). The van der Waals surface area contributed by atoms with Gasteiger partial charge in [-0.1, -0.05) is 0 Å². The number of amides is 1. The van der Waals surface area contributed by atoms with Gasteiger partial charge < -0.3 is 11.1 Å². The SMILES string of the molecule is NC(=O)c1ccc(S(=O)(=O)NCCCNC2CC2)cc1. The molecule has 1 aromatic rings. The van der Waals surface area contributed by atoms with Gasteiger partial charge in [-0.2, -0.15) is 0 Å². The second-order valence-corrected chi connectivity index (χ2v) is 6.64. The minimum absolute atomic E-state index is 0.137. The molecule has 0 aliphatic heterocycles. The van der Waals surface area contributed by atoms with E-state index in [1.807, 2.05) is 0 Å². The molecule has 0 heterocycles. The van der Waals surface area contributed by atoms with E-state index >= 15 is 0 Å². The van der Waals surface area contributed by atoms with Crippen LogP contribution in [0.4, 0.5) is 0 Å². The van der Waals surface area contributed by atoms with E-state index in [4.69, 9.17) is 5.73 Å². The van der Waals surface area contributed by atoms with Crippen molar-refractivity contribution in [3.8, 4) is 0 Å². The van der Waals surface area contributed by atoms with Crippen molar-refractivity contribution in [3.63, 3.8) is 0 Å². The van der Waals surface area contributed by atoms with Gasteiger partial charge in [0.15, 0.2) is 0 Å². The monoisotopic (exact) mass is 297 g/mol. The maximum atomic E-state index is 12.0. The molecular weight excluding hydrogens is 278 g/mol. The van der Waals surface area contributed by atoms with E-state index in [0.29, 0.717) is 12.6 Å². The van der Waals surface area contributed by atoms with Crippen LogP contribution in [0.25, 0.3) is 0 Å². The van der Waals surface area contributed by atoms with Crippen LogP contribution in [0.3, 0.4) is 0 Å². The molecule has 6 nitrogen and oxygen atoms in total. The minimum atomic E-state index is -3.52. The Hall–Kier alpha value is -1.44. The number of carbonyl (C=O) groups excluding carboxylic acids is 1. The molecule has 4 N–H and O–H groups in total. The summed E-state index contributed by atoms with van der Waals surface area (Å²) >= 11 is 0. The Labute approximate surface area is 118 Å². The molecule has 1 fully saturated rings. The number of benzene rings is 1. The van der Waals surface area contributed by atoms with E-state index in [-0.39, 0.29) is 10.5 Å². The first kappa shape index (κ1) is 15.0. The molecule has 0 radical (unpaired) electrons. The van der Waals surface area contributed by atoms with Gasteiger partial charge in [0.05, 0.1) is 4.90 Å². The molecule has 1 aliphatic rings. The molecule has 1 aromatic carbocycles. The van der Waals surface area contributed by atoms with Crippen molar-refractivity contribution in [2.24, 2.45) is 5.73 Å². The largest absolute Gasteiger partial charge is 0.366 e. The second-order valence-electron chi connectivity index (χ2n) is 4.87. The normalized spacial score (nSPS) is 15.2. The van der Waals surface area contributed by atoms with Crippen LogP contribution in [-0.2, 0) is 10.0 Å². The Morgan fingerprint density at radius 3 is 2.40 bits per heavy atom. The van der Waals surface area contributed by atoms with Gasteiger partial charge in [0.25, 0.3) is 0 Å². The van der Waals surface area contributed by atoms with E-state index in [2.05, 4.69) is 10.0 Å². The highest BCUT2D eigenvalue weighted by Crippen LogP contribution is 2.18. The smallest absolute Gasteiger partial charge is 0.248 e. The summed E-state index contributed by atoms with van der Waals surface area (Å²) in [6, 6.07) is 6.21. The average molecular weight is 297 g/mol. The third kappa shape index (κ3) is 4.29. The maximum Gasteiger partial charge on any atom is 0.248 e. The molecule has 0 saturated heterocycles. The highest BCUT2D eigenvalue weighted by atomic mass is 32.2. The van der Waals surface area contributed by atoms with Gasteiger partial charge in [-0.05, 0) is 50.1 Å². The molecule has 0 atom stereocenters. The summed E-state index contributed by atoms with van der Waals surface area (Å²) in [5, 5.41) is 3.32. The molecule has 7 heteroatoms. The van der Waals surface area contributed by atoms with E-state index in [1.54, 1.807) is 0 Å². The van der Waals surface area contributed by atoms with Crippen LogP contribution in [0.15, 0.2) is 29.2 Å². The lowest BCUT2D eigenvalue weighted by Gasteiger charge is -2.07. The lowest BCUT2D eigenvalue weighted by atomic mass is 10.2. The molecular formula is C13H19N3O3S. The van der Waals surface area contributed by atoms with Gasteiger partial charge in [0, 0.05) is 18.2 Å². The predicted octanol–water partition coefficient (Wildman–Crippen LogP) is 0.206. The summed E-state index contributed by atoms with van der Waals surface area (Å²) in [7, 11) is -3.52. The molecule has 2 rings (SSSR count). The molecule has 1 saturated carbocycles. The first-order valence-electron chi connectivity index (χ1n) is 6.62. The Bertz CT molecular complexity index is 565. The van der Waals surface area contributed by atoms with Crippen molar-refractivity contribution in [1.29, 1.82) is 0 Å². The van der Waals surface area contributed by atoms with Crippen molar-refractivity contribution in [3.05, 3.63) is 29.8 Å². The van der Waals surface area contributed by atoms with Crippen LogP contribution >= 0.6 is 0 Å². The minimum Gasteiger partial charge on any atom is -0.366 e. The summed E-state index contributed by atoms with van der Waals surface area (Å²) in [5.41, 5.74) is 5.39. The number of hydrogen-bond donors (Lipinski definition) is 3. The van der Waals surface area contributed by atoms with E-state index in [0.717, 1.165) is 13.0 Å². The predicted molar refractivity (Wildman–Crippen MR) is 75.8 cm³/mol. The summed E-state index contributed by atoms with van der Waals surface area (Å²) in [6.45, 7) is 1.20. The van der Waals surface area contributed by atoms with Gasteiger partial charge in [-0.3, -0.25) is 4.79 Å². The number of primary amides is 1. The number of rotatable bonds is 8. The fraction of sp³-hybridized carbons (Fsp3) is 0.462. The number of carbonyl (C=O) groups is 1. The van der Waals surface area contributed by atoms with Gasteiger partial charge in [-0.15, -0.1) is 0 Å². The zero-order chi connectivity index (χ0) is 14.6. The van der Waals surface area contributed by atoms with Crippen LogP contribution < -0.4 is 15.8 Å². The molecule has 20 heavy (non-hydrogen) atoms. The zero-order valence-corrected chi connectivity index (χ0v) is 11.9. The average Bonchev–Trinajstić information content (AvgIpc) is 3.22. The van der Waals surface area contributed by atoms with Gasteiger partial charge >= 0.3 is 0 Å². The van der Waals surface area contributed by atoms with Crippen molar-refractivity contribution in [2.45, 2.75) is 30.2 Å². The lowest BCUT2D eigenvalue weighted by Crippen LogP contribution is -2.28. The lowest BCUT2D eigenvalue weighted by molar-refractivity contribution is 0.1000. The second kappa shape index (κ2) is 6.34. The number of nitrogens with two attached hydrogens (primary N) is 1. The molecule has 0 unspecified atom stereocenters. The Morgan fingerprint density at radius 2 is 1.85 bits per heavy atom. The van der Waals surface area contributed by atoms with Crippen molar-refractivity contribution >= 4 is 15.9 Å². The fourth-order valence-corrected chi connectivity index (χ4v) is 2.84. The fourth-order valence-electron chi connectivity index (χ4n) is 1.77. The van der Waals surface area contributed by atoms with Crippen molar-refractivity contribution < 1.29 is 13.2 Å². The maximum absolute atomic E-state index is 12.0. The topological polar surface area (TPSA) is 101 Å². The highest BCUT2D eigenvalue weighted by Gasteiger charge is 2.19. The molecule has 1 aliphatic carbocycles. The highest BCUT2D eigenvalue weighted by molar-refractivity contribution is 7.89. The molecule has 1 amide bonds. The Balaban J connectivity index is 1.83. The molecule has 110 valence electrons. The number of sulfonamides is 1. The van der Waals surface area contributed by atoms with Crippen LogP contribution in [-0.4, -0.2) is 33.5 Å². The Morgan fingerprint density at radius 1 is 1.20 bits per heavy atom. The van der Waals surface area contributed by atoms with Crippen molar-refractivity contribution in [2.75, 3.05) is 13.1 Å². The summed E-state index contributed by atoms with van der Waals surface area (Å²) in [4.78, 5) is 11.1. The van der Waals surface area contributed by atoms with E-state index < -0.39 is 15.9 Å². The van der Waals surface area contributed by atoms with Crippen LogP contribution in [0.2, 0.25) is 0 Å². The van der Waals surface area contributed by atoms with Gasteiger partial charge in [0.2, 0.25) is 15.9 Å². The van der Waals surface area contributed by atoms with Crippen molar-refractivity contribution in [1.82, 2.24) is 10.0 Å². The zero-order valence-electron chi connectivity index (χ0n) is 11.1. The molecule has 0 bridgehead atoms. The Kier molecular flexibility index (Phi) is 4.74. The summed E-state index contributed by atoms with van der Waals surface area (Å²) in [6.07, 6.45) is 3.19. The van der Waals surface area contributed by atoms with Gasteiger partial charge in [-0.25, -0.2) is 13.1 Å². The first-order valence-corrected chi connectivity index (χ1v) is 8.10. The van der Waals surface area contributed by atoms with Crippen LogP contribution in [0.5, 0.6) is 0 Å². The third-order valence-corrected chi connectivity index (χ3v) is 4.58. The van der Waals surface area contributed by atoms with Crippen LogP contribution in [0.1, 0.15) is 29.6 Å². The van der Waals surface area contributed by atoms with E-state index in [9.17, 15) is 13.2 Å². The number of hydrogen-bond acceptors (Lipinski definition) is 4. The molecule has 0 aromatic heterocycles. The summed E-state index contributed by atoms with van der Waals surface area (Å²) in [5.74, 6) is -0.576.